The van der Waals surface area contributed by atoms with E-state index in [1.165, 1.54) is 86.5 Å². The van der Waals surface area contributed by atoms with Gasteiger partial charge in [-0.1, -0.05) is 122 Å². The Kier molecular flexibility index (Phi) is 49.1. The molecule has 0 saturated carbocycles. The smallest absolute Gasteiger partial charge is 0.665 e. The van der Waals surface area contributed by atoms with Gasteiger partial charge in [0.1, 0.15) is 19.4 Å². The van der Waals surface area contributed by atoms with Gasteiger partial charge in [-0.05, 0) is 74.0 Å². The van der Waals surface area contributed by atoms with Crippen molar-refractivity contribution in [2.45, 2.75) is 143 Å². The molecule has 0 spiro atoms. The van der Waals surface area contributed by atoms with Crippen molar-refractivity contribution in [2.75, 3.05) is 34.8 Å². The zero-order chi connectivity index (χ0) is 39.8. The molecular formula is C43H75KN4O5. The van der Waals surface area contributed by atoms with Gasteiger partial charge in [0.15, 0.2) is 0 Å². The molecule has 2 rings (SSSR count). The van der Waals surface area contributed by atoms with E-state index in [1.54, 1.807) is 14.2 Å². The molecule has 0 aliphatic heterocycles. The van der Waals surface area contributed by atoms with Crippen LogP contribution in [0.4, 0.5) is 0 Å². The minimum atomic E-state index is -0.188. The zero-order valence-corrected chi connectivity index (χ0v) is 38.3. The number of nitrogens with one attached hydrogen (secondary N) is 1. The Morgan fingerprint density at radius 3 is 1.72 bits per heavy atom. The third kappa shape index (κ3) is 29.4. The van der Waals surface area contributed by atoms with Crippen LogP contribution >= 0.6 is 0 Å². The molecule has 10 heteroatoms. The number of nitrogens with zero attached hydrogens (tertiary/aromatic N) is 2. The fourth-order valence-electron chi connectivity index (χ4n) is 5.87. The van der Waals surface area contributed by atoms with E-state index < -0.39 is 0 Å². The van der Waals surface area contributed by atoms with Gasteiger partial charge in [0.25, 0.3) is 0 Å². The van der Waals surface area contributed by atoms with Crippen molar-refractivity contribution in [1.82, 2.24) is 10.2 Å². The Morgan fingerprint density at radius 2 is 1.30 bits per heavy atom. The van der Waals surface area contributed by atoms with Crippen molar-refractivity contribution in [3.05, 3.63) is 75.1 Å². The Bertz CT molecular complexity index is 1120. The fourth-order valence-corrected chi connectivity index (χ4v) is 5.87. The number of unbranched alkanes of at least 4 members (excludes halogenated alkanes) is 9. The molecule has 0 aromatic heterocycles. The first-order chi connectivity index (χ1) is 25.4. The normalized spacial score (nSPS) is 10.4. The third-order valence-corrected chi connectivity index (χ3v) is 8.59. The minimum absolute atomic E-state index is 0. The zero-order valence-electron chi connectivity index (χ0n) is 35.2. The van der Waals surface area contributed by atoms with E-state index in [1.807, 2.05) is 51.8 Å². The van der Waals surface area contributed by atoms with Gasteiger partial charge in [0, 0.05) is 25.8 Å². The molecule has 2 aromatic carbocycles. The molecule has 1 unspecified atom stereocenters. The molecule has 0 heterocycles. The van der Waals surface area contributed by atoms with Crippen LogP contribution in [-0.2, 0) is 51.7 Å². The monoisotopic (exact) mass is 767 g/mol. The summed E-state index contributed by atoms with van der Waals surface area (Å²) >= 11 is 0. The molecule has 0 fully saturated rings. The third-order valence-electron chi connectivity index (χ3n) is 8.59. The molecule has 1 atom stereocenters. The molecule has 0 aliphatic carbocycles. The SMILES string of the molecule is C=O.CC.CCCCC.C[N-]CCC(C=O)N(C)Cc1c(C=O)cccc1CCCCCCCCCCc1cccc(COC)c1CNC.NC=O.[K+]. The topological polar surface area (TPSA) is 133 Å². The Hall–Kier alpha value is -1.60. The predicted molar refractivity (Wildman–Crippen MR) is 220 cm³/mol. The summed E-state index contributed by atoms with van der Waals surface area (Å²) in [6.45, 7) is 13.2. The van der Waals surface area contributed by atoms with Crippen LogP contribution in [0.1, 0.15) is 143 Å². The van der Waals surface area contributed by atoms with Gasteiger partial charge < -0.3 is 30.7 Å². The van der Waals surface area contributed by atoms with Crippen molar-refractivity contribution in [1.29, 1.82) is 0 Å². The standard InChI is InChI=1S/C34H52N3O3.C5H12.C2H6.CH3NO.CH2O.K/c1-35-22-21-32(26-39)37(3)24-34-29(18-13-19-30(34)25-38)16-12-10-8-6-5-7-9-11-15-28-17-14-20-31(27-40-4)33(28)23-36-2;1-3-5-4-2;1-2;2-1-3;1-2;/h13-14,17-20,25-26,32,36H,5-12,15-16,21-24,27H2,1-4H3;3-5H2,1-2H3;1-2H3;1H,(H2,2,3);1H2;/q-1;;;;;+1. The number of aldehydes is 2. The molecule has 9 nitrogen and oxygen atoms in total. The molecule has 0 bridgehead atoms. The van der Waals surface area contributed by atoms with Crippen molar-refractivity contribution in [3.63, 3.8) is 0 Å². The quantitative estimate of drug-likeness (QED) is 0.0741. The number of ether oxygens (including phenoxy) is 1. The number of primary amides is 1. The summed E-state index contributed by atoms with van der Waals surface area (Å²) in [6.07, 6.45) is 19.0. The molecule has 0 radical (unpaired) electrons. The van der Waals surface area contributed by atoms with E-state index in [0.29, 0.717) is 26.1 Å². The van der Waals surface area contributed by atoms with Crippen LogP contribution < -0.4 is 62.4 Å². The Balaban J connectivity index is -0.000000813. The molecule has 2 aromatic rings. The number of nitrogens with two attached hydrogens (primary N) is 1. The van der Waals surface area contributed by atoms with Crippen molar-refractivity contribution >= 4 is 25.8 Å². The number of amides is 1. The fraction of sp³-hybridized carbons (Fsp3) is 0.628. The number of aryl methyl sites for hydroxylation is 2. The van der Waals surface area contributed by atoms with E-state index in [4.69, 9.17) is 14.3 Å². The predicted octanol–water partition coefficient (Wildman–Crippen LogP) is 5.81. The van der Waals surface area contributed by atoms with Gasteiger partial charge in [0.2, 0.25) is 6.41 Å². The number of hydrogen-bond acceptors (Lipinski definition) is 7. The van der Waals surface area contributed by atoms with Crippen LogP contribution in [0, 0.1) is 0 Å². The number of carbonyl (C=O) groups excluding carboxylic acids is 4. The summed E-state index contributed by atoms with van der Waals surface area (Å²) in [5.41, 5.74) is 11.3. The first kappa shape index (κ1) is 58.1. The summed E-state index contributed by atoms with van der Waals surface area (Å²) in [6, 6.07) is 12.4. The van der Waals surface area contributed by atoms with Gasteiger partial charge in [0.05, 0.1) is 12.6 Å². The van der Waals surface area contributed by atoms with Gasteiger partial charge in [-0.3, -0.25) is 14.5 Å². The summed E-state index contributed by atoms with van der Waals surface area (Å²) in [5, 5.41) is 7.44. The number of benzene rings is 2. The van der Waals surface area contributed by atoms with Gasteiger partial charge in [-0.25, -0.2) is 0 Å². The average molecular weight is 767 g/mol. The molecule has 0 aliphatic rings. The first-order valence-corrected chi connectivity index (χ1v) is 19.4. The second-order valence-corrected chi connectivity index (χ2v) is 12.4. The molecule has 3 N–H and O–H groups in total. The number of methoxy groups -OCH3 is 1. The van der Waals surface area contributed by atoms with Gasteiger partial charge >= 0.3 is 51.4 Å². The van der Waals surface area contributed by atoms with Gasteiger partial charge in [-0.2, -0.15) is 7.05 Å². The number of hydrogen-bond donors (Lipinski definition) is 2. The van der Waals surface area contributed by atoms with E-state index in [0.717, 1.165) is 49.5 Å². The maximum absolute atomic E-state index is 11.8. The minimum Gasteiger partial charge on any atom is -0.665 e. The summed E-state index contributed by atoms with van der Waals surface area (Å²) in [5.74, 6) is 0. The summed E-state index contributed by atoms with van der Waals surface area (Å²) in [7, 11) is 7.49. The van der Waals surface area contributed by atoms with Crippen LogP contribution in [0.3, 0.4) is 0 Å². The van der Waals surface area contributed by atoms with E-state index in [-0.39, 0.29) is 63.8 Å². The largest absolute Gasteiger partial charge is 1.00 e. The number of likely N-dealkylation sites (N-methyl/N-ethyl adjacent to an activating group) is 1. The van der Waals surface area contributed by atoms with Crippen molar-refractivity contribution in [2.24, 2.45) is 5.73 Å². The Labute approximate surface area is 367 Å². The molecule has 298 valence electrons. The van der Waals surface area contributed by atoms with Crippen LogP contribution in [0.2, 0.25) is 0 Å². The maximum atomic E-state index is 11.8. The Morgan fingerprint density at radius 1 is 0.830 bits per heavy atom. The molecule has 53 heavy (non-hydrogen) atoms. The van der Waals surface area contributed by atoms with Gasteiger partial charge in [-0.15, -0.1) is 6.54 Å². The second-order valence-electron chi connectivity index (χ2n) is 12.4. The van der Waals surface area contributed by atoms with E-state index >= 15 is 0 Å². The molecule has 0 saturated heterocycles. The number of carbonyl (C=O) groups is 4. The molecular weight excluding hydrogens is 692 g/mol. The molecule has 1 amide bonds. The van der Waals surface area contributed by atoms with Crippen LogP contribution in [-0.4, -0.2) is 71.5 Å². The average Bonchev–Trinajstić information content (AvgIpc) is 3.17. The maximum Gasteiger partial charge on any atom is 1.00 e. The van der Waals surface area contributed by atoms with Crippen molar-refractivity contribution in [3.8, 4) is 0 Å². The first-order valence-electron chi connectivity index (χ1n) is 19.4. The van der Waals surface area contributed by atoms with E-state index in [2.05, 4.69) is 54.5 Å². The second kappa shape index (κ2) is 44.8. The summed E-state index contributed by atoms with van der Waals surface area (Å²) < 4.78 is 5.39. The van der Waals surface area contributed by atoms with E-state index in [9.17, 15) is 9.59 Å². The van der Waals surface area contributed by atoms with Crippen LogP contribution in [0.15, 0.2) is 36.4 Å². The summed E-state index contributed by atoms with van der Waals surface area (Å²) in [4.78, 5) is 42.0. The number of rotatable bonds is 25. The van der Waals surface area contributed by atoms with Crippen molar-refractivity contribution < 1.29 is 75.3 Å². The van der Waals surface area contributed by atoms with Crippen LogP contribution in [0.5, 0.6) is 0 Å². The van der Waals surface area contributed by atoms with Crippen LogP contribution in [0.25, 0.3) is 5.32 Å².